The monoisotopic (exact) mass is 229 g/mol. The Morgan fingerprint density at radius 2 is 1.88 bits per heavy atom. The van der Waals surface area contributed by atoms with Crippen molar-refractivity contribution in [3.63, 3.8) is 0 Å². The topological polar surface area (TPSA) is 12.0 Å². The number of hydrogen-bond donors (Lipinski definition) is 1. The second-order valence-electron chi connectivity index (χ2n) is 5.18. The molecule has 0 atom stereocenters. The number of allylic oxidation sites excluding steroid dienone is 1. The summed E-state index contributed by atoms with van der Waals surface area (Å²) < 4.78 is 0. The highest BCUT2D eigenvalue weighted by atomic mass is 14.8. The molecule has 1 aliphatic carbocycles. The summed E-state index contributed by atoms with van der Waals surface area (Å²) in [6, 6.07) is 6.77. The molecule has 0 fully saturated rings. The molecule has 1 aromatic carbocycles. The maximum Gasteiger partial charge on any atom is 0.0205 e. The lowest BCUT2D eigenvalue weighted by molar-refractivity contribution is 0.675. The molecule has 1 N–H and O–H groups in total. The quantitative estimate of drug-likeness (QED) is 0.596. The Hall–Kier alpha value is -1.08. The van der Waals surface area contributed by atoms with Crippen molar-refractivity contribution in [1.29, 1.82) is 0 Å². The molecular formula is C16H23N. The van der Waals surface area contributed by atoms with Gasteiger partial charge in [0.2, 0.25) is 0 Å². The lowest BCUT2D eigenvalue weighted by Crippen LogP contribution is -2.15. The molecule has 0 amide bonds. The number of rotatable bonds is 5. The van der Waals surface area contributed by atoms with Crippen molar-refractivity contribution >= 4 is 0 Å². The average Bonchev–Trinajstić information content (AvgIpc) is 2.76. The third kappa shape index (κ3) is 4.01. The predicted octanol–water partition coefficient (Wildman–Crippen LogP) is 3.89. The van der Waals surface area contributed by atoms with E-state index in [2.05, 4.69) is 43.4 Å². The zero-order valence-electron chi connectivity index (χ0n) is 11.1. The molecule has 0 heterocycles. The summed E-state index contributed by atoms with van der Waals surface area (Å²) in [4.78, 5) is 0. The van der Waals surface area contributed by atoms with Crippen LogP contribution in [0.3, 0.4) is 0 Å². The van der Waals surface area contributed by atoms with Gasteiger partial charge in [-0.05, 0) is 51.6 Å². The Balaban J connectivity index is 1.74. The van der Waals surface area contributed by atoms with Crippen molar-refractivity contribution in [3.8, 4) is 0 Å². The van der Waals surface area contributed by atoms with Gasteiger partial charge in [-0.1, -0.05) is 41.0 Å². The maximum absolute atomic E-state index is 3.54. The molecule has 0 bridgehead atoms. The fraction of sp³-hybridized carbons (Fsp3) is 0.500. The van der Waals surface area contributed by atoms with Gasteiger partial charge in [0.1, 0.15) is 0 Å². The summed E-state index contributed by atoms with van der Waals surface area (Å²) in [7, 11) is 0. The number of hydrogen-bond acceptors (Lipinski definition) is 1. The van der Waals surface area contributed by atoms with Crippen molar-refractivity contribution in [1.82, 2.24) is 5.32 Å². The predicted molar refractivity (Wildman–Crippen MR) is 74.2 cm³/mol. The van der Waals surface area contributed by atoms with Crippen molar-refractivity contribution in [2.45, 2.75) is 46.1 Å². The second-order valence-corrected chi connectivity index (χ2v) is 5.18. The molecule has 0 saturated carbocycles. The fourth-order valence-electron chi connectivity index (χ4n) is 2.62. The lowest BCUT2D eigenvalue weighted by Gasteiger charge is -2.07. The summed E-state index contributed by atoms with van der Waals surface area (Å²) in [5.74, 6) is 0. The van der Waals surface area contributed by atoms with Gasteiger partial charge in [0.05, 0.1) is 0 Å². The molecule has 92 valence electrons. The largest absolute Gasteiger partial charge is 0.312 e. The Bertz CT molecular complexity index is 384. The van der Waals surface area contributed by atoms with Crippen LogP contribution in [0.2, 0.25) is 0 Å². The first-order valence-electron chi connectivity index (χ1n) is 6.70. The van der Waals surface area contributed by atoms with Crippen molar-refractivity contribution in [2.75, 3.05) is 6.54 Å². The molecule has 2 rings (SSSR count). The summed E-state index contributed by atoms with van der Waals surface area (Å²) in [6.45, 7) is 6.44. The summed E-state index contributed by atoms with van der Waals surface area (Å²) in [5.41, 5.74) is 5.78. The minimum Gasteiger partial charge on any atom is -0.312 e. The van der Waals surface area contributed by atoms with Gasteiger partial charge in [-0.3, -0.25) is 0 Å². The number of aryl methyl sites for hydroxylation is 2. The normalized spacial score (nSPS) is 15.1. The van der Waals surface area contributed by atoms with Crippen LogP contribution in [0.25, 0.3) is 0 Å². The molecule has 0 spiro atoms. The van der Waals surface area contributed by atoms with Crippen molar-refractivity contribution < 1.29 is 0 Å². The third-order valence-corrected chi connectivity index (χ3v) is 3.37. The summed E-state index contributed by atoms with van der Waals surface area (Å²) in [5, 5.41) is 3.54. The van der Waals surface area contributed by atoms with E-state index in [-0.39, 0.29) is 0 Å². The van der Waals surface area contributed by atoms with E-state index in [1.807, 2.05) is 0 Å². The SMILES string of the molecule is Cc1cc(C)cc(CNCCC2=CCCC2)c1. The first-order valence-corrected chi connectivity index (χ1v) is 6.70. The smallest absolute Gasteiger partial charge is 0.0205 e. The van der Waals surface area contributed by atoms with Crippen LogP contribution in [0, 0.1) is 13.8 Å². The first kappa shape index (κ1) is 12.4. The Morgan fingerprint density at radius 1 is 1.12 bits per heavy atom. The highest BCUT2D eigenvalue weighted by Crippen LogP contribution is 2.19. The molecule has 1 aliphatic rings. The zero-order chi connectivity index (χ0) is 12.1. The summed E-state index contributed by atoms with van der Waals surface area (Å²) in [6.07, 6.45) is 7.63. The van der Waals surface area contributed by atoms with Crippen LogP contribution in [0.4, 0.5) is 0 Å². The van der Waals surface area contributed by atoms with Gasteiger partial charge < -0.3 is 5.32 Å². The molecule has 0 aliphatic heterocycles. The molecule has 0 radical (unpaired) electrons. The van der Waals surface area contributed by atoms with Crippen LogP contribution in [-0.2, 0) is 6.54 Å². The van der Waals surface area contributed by atoms with Crippen LogP contribution in [0.5, 0.6) is 0 Å². The van der Waals surface area contributed by atoms with Crippen LogP contribution >= 0.6 is 0 Å². The molecule has 0 aromatic heterocycles. The van der Waals surface area contributed by atoms with Gasteiger partial charge in [-0.25, -0.2) is 0 Å². The van der Waals surface area contributed by atoms with E-state index in [1.54, 1.807) is 5.57 Å². The van der Waals surface area contributed by atoms with E-state index < -0.39 is 0 Å². The molecule has 17 heavy (non-hydrogen) atoms. The van der Waals surface area contributed by atoms with E-state index in [1.165, 1.54) is 42.4 Å². The molecule has 1 heteroatoms. The lowest BCUT2D eigenvalue weighted by atomic mass is 10.1. The van der Waals surface area contributed by atoms with Crippen LogP contribution in [-0.4, -0.2) is 6.54 Å². The van der Waals surface area contributed by atoms with Crippen molar-refractivity contribution in [3.05, 3.63) is 46.5 Å². The minimum atomic E-state index is 0.996. The van der Waals surface area contributed by atoms with Crippen molar-refractivity contribution in [2.24, 2.45) is 0 Å². The highest BCUT2D eigenvalue weighted by Gasteiger charge is 2.03. The fourth-order valence-corrected chi connectivity index (χ4v) is 2.62. The molecule has 1 aromatic rings. The summed E-state index contributed by atoms with van der Waals surface area (Å²) >= 11 is 0. The van der Waals surface area contributed by atoms with Crippen LogP contribution < -0.4 is 5.32 Å². The Kier molecular flexibility index (Phi) is 4.38. The standard InChI is InChI=1S/C16H23N/c1-13-9-14(2)11-16(10-13)12-17-8-7-15-5-3-4-6-15/h5,9-11,17H,3-4,6-8,12H2,1-2H3. The Morgan fingerprint density at radius 3 is 2.53 bits per heavy atom. The van der Waals surface area contributed by atoms with E-state index in [9.17, 15) is 0 Å². The molecule has 1 nitrogen and oxygen atoms in total. The molecule has 0 unspecified atom stereocenters. The van der Waals surface area contributed by atoms with E-state index in [0.717, 1.165) is 13.1 Å². The minimum absolute atomic E-state index is 0.996. The molecule has 0 saturated heterocycles. The zero-order valence-corrected chi connectivity index (χ0v) is 11.1. The van der Waals surface area contributed by atoms with Gasteiger partial charge in [-0.2, -0.15) is 0 Å². The average molecular weight is 229 g/mol. The van der Waals surface area contributed by atoms with E-state index >= 15 is 0 Å². The number of benzene rings is 1. The molecular weight excluding hydrogens is 206 g/mol. The number of nitrogens with one attached hydrogen (secondary N) is 1. The van der Waals surface area contributed by atoms with Gasteiger partial charge in [0, 0.05) is 6.54 Å². The van der Waals surface area contributed by atoms with E-state index in [4.69, 9.17) is 0 Å². The Labute approximate surface area is 105 Å². The maximum atomic E-state index is 3.54. The van der Waals surface area contributed by atoms with Crippen LogP contribution in [0.1, 0.15) is 42.4 Å². The van der Waals surface area contributed by atoms with Gasteiger partial charge in [0.25, 0.3) is 0 Å². The van der Waals surface area contributed by atoms with Gasteiger partial charge >= 0.3 is 0 Å². The van der Waals surface area contributed by atoms with Crippen LogP contribution in [0.15, 0.2) is 29.8 Å². The third-order valence-electron chi connectivity index (χ3n) is 3.37. The van der Waals surface area contributed by atoms with E-state index in [0.29, 0.717) is 0 Å². The first-order chi connectivity index (χ1) is 8.24. The van der Waals surface area contributed by atoms with Gasteiger partial charge in [-0.15, -0.1) is 0 Å². The highest BCUT2D eigenvalue weighted by molar-refractivity contribution is 5.28. The second kappa shape index (κ2) is 6.02. The van der Waals surface area contributed by atoms with Gasteiger partial charge in [0.15, 0.2) is 0 Å².